The van der Waals surface area contributed by atoms with E-state index < -0.39 is 17.6 Å². The first kappa shape index (κ1) is 22.4. The summed E-state index contributed by atoms with van der Waals surface area (Å²) in [6, 6.07) is 16.3. The number of carbonyl (C=O) groups is 3. The lowest BCUT2D eigenvalue weighted by Crippen LogP contribution is -2.48. The highest BCUT2D eigenvalue weighted by atomic mass is 16.5. The van der Waals surface area contributed by atoms with Crippen LogP contribution < -0.4 is 10.6 Å². The van der Waals surface area contributed by atoms with Gasteiger partial charge in [0.2, 0.25) is 5.91 Å². The number of hydrogen-bond acceptors (Lipinski definition) is 4. The van der Waals surface area contributed by atoms with E-state index in [4.69, 9.17) is 9.84 Å². The topological polar surface area (TPSA) is 105 Å². The van der Waals surface area contributed by atoms with E-state index >= 15 is 0 Å². The Labute approximate surface area is 198 Å². The van der Waals surface area contributed by atoms with E-state index in [0.29, 0.717) is 12.8 Å². The van der Waals surface area contributed by atoms with Crippen LogP contribution in [0.2, 0.25) is 0 Å². The number of nitrogens with one attached hydrogen (secondary N) is 2. The van der Waals surface area contributed by atoms with E-state index in [0.717, 1.165) is 30.4 Å². The van der Waals surface area contributed by atoms with Crippen LogP contribution in [0.25, 0.3) is 11.1 Å². The van der Waals surface area contributed by atoms with Gasteiger partial charge in [-0.3, -0.25) is 9.59 Å². The minimum absolute atomic E-state index is 0.0189. The zero-order valence-electron chi connectivity index (χ0n) is 19.1. The molecular formula is C27H30N2O5. The van der Waals surface area contributed by atoms with Crippen LogP contribution in [0.4, 0.5) is 4.79 Å². The van der Waals surface area contributed by atoms with Gasteiger partial charge in [0.05, 0.1) is 17.9 Å². The molecule has 0 saturated heterocycles. The summed E-state index contributed by atoms with van der Waals surface area (Å²) in [6.07, 6.45) is 3.72. The molecule has 0 aliphatic heterocycles. The monoisotopic (exact) mass is 462 g/mol. The number of fused-ring (bicyclic) bond motifs is 3. The highest BCUT2D eigenvalue weighted by Gasteiger charge is 2.47. The molecule has 0 bridgehead atoms. The smallest absolute Gasteiger partial charge is 0.407 e. The molecule has 1 atom stereocenters. The molecule has 2 amide bonds. The Balaban J connectivity index is 1.18. The first-order valence-electron chi connectivity index (χ1n) is 12.1. The molecule has 7 heteroatoms. The zero-order chi connectivity index (χ0) is 23.7. The maximum Gasteiger partial charge on any atom is 0.407 e. The van der Waals surface area contributed by atoms with Crippen molar-refractivity contribution in [3.05, 3.63) is 59.7 Å². The van der Waals surface area contributed by atoms with Crippen LogP contribution in [0, 0.1) is 11.8 Å². The second-order valence-electron chi connectivity index (χ2n) is 9.84. The number of carbonyl (C=O) groups excluding carboxylic acids is 2. The van der Waals surface area contributed by atoms with Crippen molar-refractivity contribution in [1.82, 2.24) is 10.6 Å². The highest BCUT2D eigenvalue weighted by Crippen LogP contribution is 2.44. The third-order valence-corrected chi connectivity index (χ3v) is 7.60. The number of alkyl carbamates (subject to hydrolysis) is 1. The van der Waals surface area contributed by atoms with Gasteiger partial charge in [-0.25, -0.2) is 4.79 Å². The van der Waals surface area contributed by atoms with Crippen LogP contribution >= 0.6 is 0 Å². The van der Waals surface area contributed by atoms with Crippen molar-refractivity contribution < 1.29 is 24.2 Å². The van der Waals surface area contributed by atoms with Gasteiger partial charge in [-0.1, -0.05) is 55.0 Å². The molecule has 0 aromatic heterocycles. The summed E-state index contributed by atoms with van der Waals surface area (Å²) in [5.74, 6) is -1.26. The molecule has 2 aromatic carbocycles. The maximum absolute atomic E-state index is 13.0. The molecule has 3 aliphatic carbocycles. The number of rotatable bonds is 9. The van der Waals surface area contributed by atoms with Crippen LogP contribution in [-0.4, -0.2) is 41.8 Å². The molecular weight excluding hydrogens is 432 g/mol. The minimum Gasteiger partial charge on any atom is -0.481 e. The molecule has 3 aliphatic rings. The molecule has 2 saturated carbocycles. The summed E-state index contributed by atoms with van der Waals surface area (Å²) in [4.78, 5) is 36.7. The molecule has 0 radical (unpaired) electrons. The van der Waals surface area contributed by atoms with Crippen LogP contribution in [0.3, 0.4) is 0 Å². The number of ether oxygens (including phenoxy) is 1. The normalized spacial score (nSPS) is 18.7. The number of hydrogen-bond donors (Lipinski definition) is 3. The summed E-state index contributed by atoms with van der Waals surface area (Å²) >= 11 is 0. The second kappa shape index (κ2) is 9.12. The predicted molar refractivity (Wildman–Crippen MR) is 126 cm³/mol. The molecule has 5 rings (SSSR count). The fraction of sp³-hybridized carbons (Fsp3) is 0.444. The number of carboxylic acid groups (broad SMARTS) is 1. The van der Waals surface area contributed by atoms with Gasteiger partial charge in [-0.15, -0.1) is 0 Å². The quantitative estimate of drug-likeness (QED) is 0.521. The third kappa shape index (κ3) is 4.52. The van der Waals surface area contributed by atoms with Crippen LogP contribution in [0.1, 0.15) is 55.6 Å². The summed E-state index contributed by atoms with van der Waals surface area (Å²) < 4.78 is 5.61. The summed E-state index contributed by atoms with van der Waals surface area (Å²) in [5.41, 5.74) is 4.02. The molecule has 0 heterocycles. The van der Waals surface area contributed by atoms with Crippen molar-refractivity contribution in [2.75, 3.05) is 13.2 Å². The lowest BCUT2D eigenvalue weighted by Gasteiger charge is -2.34. The van der Waals surface area contributed by atoms with E-state index in [1.54, 1.807) is 0 Å². The largest absolute Gasteiger partial charge is 0.481 e. The Bertz CT molecular complexity index is 1060. The predicted octanol–water partition coefficient (Wildman–Crippen LogP) is 4.06. The first-order valence-corrected chi connectivity index (χ1v) is 12.1. The van der Waals surface area contributed by atoms with Gasteiger partial charge in [0.1, 0.15) is 6.61 Å². The fourth-order valence-electron chi connectivity index (χ4n) is 5.30. The average Bonchev–Trinajstić information content (AvgIpc) is 3.45. The van der Waals surface area contributed by atoms with Crippen molar-refractivity contribution in [2.45, 2.75) is 50.0 Å². The number of benzene rings is 2. The van der Waals surface area contributed by atoms with Gasteiger partial charge in [-0.2, -0.15) is 0 Å². The third-order valence-electron chi connectivity index (χ3n) is 7.60. The first-order chi connectivity index (χ1) is 16.5. The summed E-state index contributed by atoms with van der Waals surface area (Å²) in [7, 11) is 0. The molecule has 1 unspecified atom stereocenters. The SMILES string of the molecule is O=C(O)CC1(NC(=O)C(CNC(=O)OCC2c3ccccc3-c3ccccc32)C2CCC2)CC1. The lowest BCUT2D eigenvalue weighted by atomic mass is 9.75. The van der Waals surface area contributed by atoms with E-state index in [2.05, 4.69) is 34.9 Å². The summed E-state index contributed by atoms with van der Waals surface area (Å²) in [5, 5.41) is 14.9. The molecule has 0 spiro atoms. The average molecular weight is 463 g/mol. The van der Waals surface area contributed by atoms with Gasteiger partial charge >= 0.3 is 12.1 Å². The molecule has 7 nitrogen and oxygen atoms in total. The Kier molecular flexibility index (Phi) is 6.02. The molecule has 2 fully saturated rings. The Morgan fingerprint density at radius 1 is 1.00 bits per heavy atom. The van der Waals surface area contributed by atoms with Gasteiger partial charge < -0.3 is 20.5 Å². The van der Waals surface area contributed by atoms with Crippen molar-refractivity contribution >= 4 is 18.0 Å². The Morgan fingerprint density at radius 2 is 1.62 bits per heavy atom. The van der Waals surface area contributed by atoms with E-state index in [9.17, 15) is 14.4 Å². The van der Waals surface area contributed by atoms with Gasteiger partial charge in [-0.05, 0) is 53.9 Å². The number of aliphatic carboxylic acids is 1. The van der Waals surface area contributed by atoms with Crippen molar-refractivity contribution in [3.8, 4) is 11.1 Å². The van der Waals surface area contributed by atoms with Crippen LogP contribution in [0.15, 0.2) is 48.5 Å². The van der Waals surface area contributed by atoms with E-state index in [-0.39, 0.29) is 43.2 Å². The Hall–Kier alpha value is -3.35. The maximum atomic E-state index is 13.0. The van der Waals surface area contributed by atoms with Crippen molar-refractivity contribution in [3.63, 3.8) is 0 Å². The van der Waals surface area contributed by atoms with Gasteiger partial charge in [0, 0.05) is 12.5 Å². The second-order valence-corrected chi connectivity index (χ2v) is 9.84. The van der Waals surface area contributed by atoms with Crippen LogP contribution in [-0.2, 0) is 14.3 Å². The zero-order valence-corrected chi connectivity index (χ0v) is 19.1. The fourth-order valence-corrected chi connectivity index (χ4v) is 5.30. The van der Waals surface area contributed by atoms with Gasteiger partial charge in [0.25, 0.3) is 0 Å². The molecule has 178 valence electrons. The van der Waals surface area contributed by atoms with Crippen LogP contribution in [0.5, 0.6) is 0 Å². The number of amides is 2. The standard InChI is InChI=1S/C27H30N2O5/c30-24(31)14-27(12-13-27)29-25(32)22(17-6-5-7-17)15-28-26(33)34-16-23-20-10-3-1-8-18(20)19-9-2-4-11-21(19)23/h1-4,8-11,17,22-23H,5-7,12-16H2,(H,28,33)(H,29,32)(H,30,31). The van der Waals surface area contributed by atoms with Crippen molar-refractivity contribution in [1.29, 1.82) is 0 Å². The molecule has 3 N–H and O–H groups in total. The van der Waals surface area contributed by atoms with Crippen molar-refractivity contribution in [2.24, 2.45) is 11.8 Å². The highest BCUT2D eigenvalue weighted by molar-refractivity contribution is 5.82. The summed E-state index contributed by atoms with van der Waals surface area (Å²) in [6.45, 7) is 0.415. The Morgan fingerprint density at radius 3 is 2.15 bits per heavy atom. The van der Waals surface area contributed by atoms with E-state index in [1.807, 2.05) is 24.3 Å². The van der Waals surface area contributed by atoms with Gasteiger partial charge in [0.15, 0.2) is 0 Å². The molecule has 2 aromatic rings. The number of carboxylic acids is 1. The molecule has 34 heavy (non-hydrogen) atoms. The minimum atomic E-state index is -0.908. The lowest BCUT2D eigenvalue weighted by molar-refractivity contribution is -0.138. The van der Waals surface area contributed by atoms with E-state index in [1.165, 1.54) is 11.1 Å².